The molecular formula is C10H12N2O. The van der Waals surface area contributed by atoms with Crippen molar-refractivity contribution in [2.75, 3.05) is 6.54 Å². The summed E-state index contributed by atoms with van der Waals surface area (Å²) in [5.41, 5.74) is 7.68. The van der Waals surface area contributed by atoms with Crippen molar-refractivity contribution in [3.63, 3.8) is 0 Å². The molecule has 0 fully saturated rings. The predicted molar refractivity (Wildman–Crippen MR) is 52.7 cm³/mol. The van der Waals surface area contributed by atoms with Gasteiger partial charge in [0.2, 0.25) is 0 Å². The van der Waals surface area contributed by atoms with Crippen molar-refractivity contribution in [1.29, 1.82) is 0 Å². The maximum atomic E-state index is 9.30. The van der Waals surface area contributed by atoms with Gasteiger partial charge in [-0.15, -0.1) is 0 Å². The van der Waals surface area contributed by atoms with E-state index < -0.39 is 0 Å². The van der Waals surface area contributed by atoms with Crippen LogP contribution in [0.25, 0.3) is 10.9 Å². The fourth-order valence-electron chi connectivity index (χ4n) is 1.53. The summed E-state index contributed by atoms with van der Waals surface area (Å²) in [4.78, 5) is 3.13. The Balaban J connectivity index is 2.58. The second kappa shape index (κ2) is 3.11. The van der Waals surface area contributed by atoms with Gasteiger partial charge in [-0.2, -0.15) is 0 Å². The zero-order chi connectivity index (χ0) is 9.26. The second-order valence-corrected chi connectivity index (χ2v) is 3.08. The quantitative estimate of drug-likeness (QED) is 0.650. The Bertz CT molecular complexity index is 420. The number of nitrogens with two attached hydrogens (primary N) is 1. The molecule has 1 aromatic heterocycles. The predicted octanol–water partition coefficient (Wildman–Crippen LogP) is 1.37. The third-order valence-electron chi connectivity index (χ3n) is 2.16. The van der Waals surface area contributed by atoms with Crippen LogP contribution in [0.1, 0.15) is 5.56 Å². The van der Waals surface area contributed by atoms with Crippen LogP contribution in [-0.2, 0) is 6.42 Å². The SMILES string of the molecule is N[14CH2]Cc1c[nH]c2ccc(O)cc12. The molecular weight excluding hydrogens is 166 g/mol. The number of aromatic nitrogens is 1. The third-order valence-corrected chi connectivity index (χ3v) is 2.16. The summed E-state index contributed by atoms with van der Waals surface area (Å²) in [7, 11) is 0. The van der Waals surface area contributed by atoms with Crippen molar-refractivity contribution >= 4 is 10.9 Å². The highest BCUT2D eigenvalue weighted by Crippen LogP contribution is 2.22. The average Bonchev–Trinajstić information content (AvgIpc) is 2.49. The van der Waals surface area contributed by atoms with Crippen LogP contribution in [0, 0.1) is 0 Å². The number of aromatic amines is 1. The summed E-state index contributed by atoms with van der Waals surface area (Å²) in [5.74, 6) is 0.297. The fraction of sp³-hybridized carbons (Fsp3) is 0.200. The zero-order valence-electron chi connectivity index (χ0n) is 7.25. The number of H-pyrrole nitrogens is 1. The Kier molecular flexibility index (Phi) is 1.94. The molecule has 3 nitrogen and oxygen atoms in total. The Hall–Kier alpha value is -1.48. The van der Waals surface area contributed by atoms with Gasteiger partial charge in [-0.3, -0.25) is 0 Å². The molecule has 0 amide bonds. The maximum absolute atomic E-state index is 9.30. The smallest absolute Gasteiger partial charge is 0.116 e. The van der Waals surface area contributed by atoms with Gasteiger partial charge in [0.05, 0.1) is 0 Å². The van der Waals surface area contributed by atoms with Crippen LogP contribution < -0.4 is 5.73 Å². The van der Waals surface area contributed by atoms with Crippen LogP contribution >= 0.6 is 0 Å². The molecule has 0 saturated heterocycles. The molecule has 0 atom stereocenters. The van der Waals surface area contributed by atoms with Gasteiger partial charge in [0.15, 0.2) is 0 Å². The second-order valence-electron chi connectivity index (χ2n) is 3.08. The monoisotopic (exact) mass is 178 g/mol. The highest BCUT2D eigenvalue weighted by molar-refractivity contribution is 5.84. The summed E-state index contributed by atoms with van der Waals surface area (Å²) >= 11 is 0. The maximum Gasteiger partial charge on any atom is 0.116 e. The molecule has 0 aliphatic heterocycles. The lowest BCUT2D eigenvalue weighted by molar-refractivity contribution is 0.476. The fourth-order valence-corrected chi connectivity index (χ4v) is 1.53. The first-order valence-electron chi connectivity index (χ1n) is 4.30. The Morgan fingerprint density at radius 1 is 1.46 bits per heavy atom. The molecule has 1 aromatic carbocycles. The van der Waals surface area contributed by atoms with Crippen LogP contribution in [0.3, 0.4) is 0 Å². The first-order valence-corrected chi connectivity index (χ1v) is 4.30. The molecule has 1 heterocycles. The van der Waals surface area contributed by atoms with E-state index in [1.165, 1.54) is 0 Å². The Labute approximate surface area is 76.2 Å². The van der Waals surface area contributed by atoms with Crippen molar-refractivity contribution in [1.82, 2.24) is 4.98 Å². The highest BCUT2D eigenvalue weighted by atomic mass is 16.3. The van der Waals surface area contributed by atoms with Gasteiger partial charge < -0.3 is 15.8 Å². The number of fused-ring (bicyclic) bond motifs is 1. The molecule has 0 aliphatic rings. The lowest BCUT2D eigenvalue weighted by Crippen LogP contribution is -2.01. The van der Waals surface area contributed by atoms with Gasteiger partial charge >= 0.3 is 0 Å². The molecule has 68 valence electrons. The number of aromatic hydroxyl groups is 1. The van der Waals surface area contributed by atoms with E-state index in [2.05, 4.69) is 4.98 Å². The number of benzene rings is 1. The van der Waals surface area contributed by atoms with E-state index in [1.807, 2.05) is 12.3 Å². The van der Waals surface area contributed by atoms with E-state index in [1.54, 1.807) is 12.1 Å². The molecule has 0 radical (unpaired) electrons. The van der Waals surface area contributed by atoms with Gasteiger partial charge in [-0.1, -0.05) is 0 Å². The van der Waals surface area contributed by atoms with E-state index in [4.69, 9.17) is 5.73 Å². The van der Waals surface area contributed by atoms with E-state index in [9.17, 15) is 5.11 Å². The Morgan fingerprint density at radius 3 is 3.08 bits per heavy atom. The van der Waals surface area contributed by atoms with Crippen molar-refractivity contribution < 1.29 is 5.11 Å². The van der Waals surface area contributed by atoms with Crippen LogP contribution in [0.5, 0.6) is 5.75 Å². The summed E-state index contributed by atoms with van der Waals surface area (Å²) in [5, 5.41) is 10.4. The lowest BCUT2D eigenvalue weighted by atomic mass is 10.2. The van der Waals surface area contributed by atoms with Crippen LogP contribution in [0.15, 0.2) is 24.4 Å². The third kappa shape index (κ3) is 1.38. The summed E-state index contributed by atoms with van der Waals surface area (Å²) < 4.78 is 0. The minimum absolute atomic E-state index is 0.297. The van der Waals surface area contributed by atoms with E-state index in [-0.39, 0.29) is 0 Å². The number of phenols is 1. The van der Waals surface area contributed by atoms with Gasteiger partial charge in [0, 0.05) is 17.1 Å². The van der Waals surface area contributed by atoms with Crippen molar-refractivity contribution in [2.45, 2.75) is 6.42 Å². The van der Waals surface area contributed by atoms with Crippen LogP contribution in [0.2, 0.25) is 0 Å². The van der Waals surface area contributed by atoms with Gasteiger partial charge in [-0.05, 0) is 36.7 Å². The van der Waals surface area contributed by atoms with Gasteiger partial charge in [0.1, 0.15) is 5.75 Å². The molecule has 0 saturated carbocycles. The standard InChI is InChI=1S/C10H12N2O/c11-4-3-7-6-12-10-2-1-8(13)5-9(7)10/h1-2,5-6,12-13H,3-4,11H2/i4+2. The molecule has 13 heavy (non-hydrogen) atoms. The van der Waals surface area contributed by atoms with Crippen LogP contribution in [-0.4, -0.2) is 16.6 Å². The molecule has 2 aromatic rings. The number of hydrogen-bond donors (Lipinski definition) is 3. The minimum atomic E-state index is 0.297. The number of phenolic OH excluding ortho intramolecular Hbond substituents is 1. The first-order chi connectivity index (χ1) is 6.31. The molecule has 0 bridgehead atoms. The minimum Gasteiger partial charge on any atom is -0.508 e. The highest BCUT2D eigenvalue weighted by Gasteiger charge is 2.02. The average molecular weight is 178 g/mol. The van der Waals surface area contributed by atoms with Crippen molar-refractivity contribution in [3.8, 4) is 5.75 Å². The molecule has 4 N–H and O–H groups in total. The summed E-state index contributed by atoms with van der Waals surface area (Å²) in [6.07, 6.45) is 2.78. The van der Waals surface area contributed by atoms with Crippen LogP contribution in [0.4, 0.5) is 0 Å². The first kappa shape index (κ1) is 8.13. The molecule has 0 unspecified atom stereocenters. The number of hydrogen-bond acceptors (Lipinski definition) is 2. The van der Waals surface area contributed by atoms with Gasteiger partial charge in [0.25, 0.3) is 0 Å². The van der Waals surface area contributed by atoms with E-state index in [0.29, 0.717) is 12.3 Å². The van der Waals surface area contributed by atoms with Crippen molar-refractivity contribution in [3.05, 3.63) is 30.0 Å². The lowest BCUT2D eigenvalue weighted by Gasteiger charge is -1.96. The number of nitrogens with one attached hydrogen (secondary N) is 1. The van der Waals surface area contributed by atoms with Crippen molar-refractivity contribution in [2.24, 2.45) is 5.73 Å². The molecule has 2 rings (SSSR count). The largest absolute Gasteiger partial charge is 0.508 e. The molecule has 0 aliphatic carbocycles. The zero-order valence-corrected chi connectivity index (χ0v) is 7.25. The van der Waals surface area contributed by atoms with E-state index >= 15 is 0 Å². The normalized spacial score (nSPS) is 10.8. The number of rotatable bonds is 2. The molecule has 0 spiro atoms. The summed E-state index contributed by atoms with van der Waals surface area (Å²) in [6, 6.07) is 5.30. The van der Waals surface area contributed by atoms with E-state index in [0.717, 1.165) is 22.9 Å². The topological polar surface area (TPSA) is 62.0 Å². The van der Waals surface area contributed by atoms with Gasteiger partial charge in [-0.25, -0.2) is 0 Å². The molecule has 3 heteroatoms. The Morgan fingerprint density at radius 2 is 2.31 bits per heavy atom. The summed E-state index contributed by atoms with van der Waals surface area (Å²) in [6.45, 7) is 0.628.